The van der Waals surface area contributed by atoms with Gasteiger partial charge >= 0.3 is 0 Å². The average Bonchev–Trinajstić information content (AvgIpc) is 2.73. The summed E-state index contributed by atoms with van der Waals surface area (Å²) in [5, 5.41) is 6.72. The van der Waals surface area contributed by atoms with Crippen molar-refractivity contribution in [2.75, 3.05) is 11.6 Å². The summed E-state index contributed by atoms with van der Waals surface area (Å²) in [6, 6.07) is 5.60. The lowest BCUT2D eigenvalue weighted by Gasteiger charge is -2.06. The van der Waals surface area contributed by atoms with Gasteiger partial charge in [0.1, 0.15) is 0 Å². The lowest BCUT2D eigenvalue weighted by atomic mass is 10.2. The maximum absolute atomic E-state index is 12.1. The molecule has 0 radical (unpaired) electrons. The Morgan fingerprint density at radius 2 is 2.05 bits per heavy atom. The molecule has 0 atom stereocenters. The molecule has 2 rings (SSSR count). The maximum atomic E-state index is 12.1. The molecule has 0 bridgehead atoms. The first-order valence-corrected chi connectivity index (χ1v) is 7.85. The third-order valence-corrected chi connectivity index (χ3v) is 4.01. The highest BCUT2D eigenvalue weighted by molar-refractivity contribution is 7.90. The van der Waals surface area contributed by atoms with Gasteiger partial charge in [0.2, 0.25) is 0 Å². The number of sulfone groups is 1. The monoisotopic (exact) mass is 313 g/mol. The minimum Gasteiger partial charge on any atom is -0.305 e. The molecule has 1 aromatic carbocycles. The van der Waals surface area contributed by atoms with Crippen molar-refractivity contribution in [2.45, 2.75) is 4.90 Å². The number of amides is 1. The van der Waals surface area contributed by atoms with E-state index in [1.54, 1.807) is 19.3 Å². The minimum absolute atomic E-state index is 0.0353. The number of hydrogen-bond donors (Lipinski definition) is 1. The van der Waals surface area contributed by atoms with E-state index < -0.39 is 15.7 Å². The van der Waals surface area contributed by atoms with Gasteiger partial charge in [-0.05, 0) is 18.2 Å². The second-order valence-corrected chi connectivity index (χ2v) is 6.67. The third-order valence-electron chi connectivity index (χ3n) is 2.57. The van der Waals surface area contributed by atoms with Gasteiger partial charge in [0.15, 0.2) is 15.7 Å². The highest BCUT2D eigenvalue weighted by atomic mass is 35.5. The van der Waals surface area contributed by atoms with E-state index in [2.05, 4.69) is 10.4 Å². The van der Waals surface area contributed by atoms with E-state index >= 15 is 0 Å². The lowest BCUT2D eigenvalue weighted by molar-refractivity contribution is 0.102. The zero-order valence-electron chi connectivity index (χ0n) is 10.8. The number of carbonyl (C=O) groups is 1. The second-order valence-electron chi connectivity index (χ2n) is 4.24. The summed E-state index contributed by atoms with van der Waals surface area (Å²) in [6.07, 6.45) is 2.74. The van der Waals surface area contributed by atoms with Crippen molar-refractivity contribution in [3.8, 4) is 0 Å². The molecule has 0 saturated carbocycles. The number of halogens is 1. The average molecular weight is 314 g/mol. The van der Waals surface area contributed by atoms with Gasteiger partial charge in [-0.2, -0.15) is 5.10 Å². The molecular weight excluding hydrogens is 302 g/mol. The van der Waals surface area contributed by atoms with Crippen LogP contribution in [0, 0.1) is 0 Å². The minimum atomic E-state index is -3.40. The molecule has 1 heterocycles. The number of nitrogens with one attached hydrogen (secondary N) is 1. The molecule has 0 spiro atoms. The van der Waals surface area contributed by atoms with Crippen molar-refractivity contribution in [3.05, 3.63) is 41.0 Å². The molecular formula is C12H12ClN3O3S. The zero-order chi connectivity index (χ0) is 14.9. The first-order chi connectivity index (χ1) is 9.27. The van der Waals surface area contributed by atoms with Gasteiger partial charge in [0.05, 0.1) is 15.5 Å². The quantitative estimate of drug-likeness (QED) is 0.935. The van der Waals surface area contributed by atoms with Crippen LogP contribution in [-0.2, 0) is 16.9 Å². The van der Waals surface area contributed by atoms with E-state index in [-0.39, 0.29) is 15.5 Å². The van der Waals surface area contributed by atoms with Crippen LogP contribution < -0.4 is 5.32 Å². The molecule has 106 valence electrons. The summed E-state index contributed by atoms with van der Waals surface area (Å²) in [7, 11) is -1.69. The predicted octanol–water partition coefficient (Wildman–Crippen LogP) is 1.73. The van der Waals surface area contributed by atoms with Crippen molar-refractivity contribution >= 4 is 33.2 Å². The summed E-state index contributed by atoms with van der Waals surface area (Å²) < 4.78 is 24.5. The van der Waals surface area contributed by atoms with Gasteiger partial charge in [-0.3, -0.25) is 9.48 Å². The van der Waals surface area contributed by atoms with E-state index in [9.17, 15) is 13.2 Å². The summed E-state index contributed by atoms with van der Waals surface area (Å²) in [6.45, 7) is 0. The van der Waals surface area contributed by atoms with Crippen LogP contribution in [0.5, 0.6) is 0 Å². The van der Waals surface area contributed by atoms with E-state index in [0.717, 1.165) is 6.26 Å². The van der Waals surface area contributed by atoms with Crippen molar-refractivity contribution in [2.24, 2.45) is 7.05 Å². The molecule has 0 aliphatic carbocycles. The number of hydrogen-bond acceptors (Lipinski definition) is 4. The molecule has 1 N–H and O–H groups in total. The Balaban J connectivity index is 2.34. The number of carbonyl (C=O) groups excluding carboxylic acids is 1. The fourth-order valence-electron chi connectivity index (χ4n) is 1.57. The van der Waals surface area contributed by atoms with Gasteiger partial charge in [-0.1, -0.05) is 11.6 Å². The van der Waals surface area contributed by atoms with Gasteiger partial charge in [-0.15, -0.1) is 0 Å². The first-order valence-electron chi connectivity index (χ1n) is 5.58. The second kappa shape index (κ2) is 5.26. The van der Waals surface area contributed by atoms with Crippen LogP contribution in [0.2, 0.25) is 5.02 Å². The van der Waals surface area contributed by atoms with Crippen LogP contribution >= 0.6 is 11.6 Å². The number of rotatable bonds is 3. The molecule has 20 heavy (non-hydrogen) atoms. The maximum Gasteiger partial charge on any atom is 0.258 e. The van der Waals surface area contributed by atoms with Gasteiger partial charge in [0.25, 0.3) is 5.91 Å². The van der Waals surface area contributed by atoms with E-state index in [1.165, 1.54) is 22.9 Å². The van der Waals surface area contributed by atoms with Crippen LogP contribution in [-0.4, -0.2) is 30.4 Å². The topological polar surface area (TPSA) is 81.1 Å². The molecule has 0 saturated heterocycles. The van der Waals surface area contributed by atoms with Crippen LogP contribution in [0.3, 0.4) is 0 Å². The number of aryl methyl sites for hydroxylation is 1. The highest BCUT2D eigenvalue weighted by Crippen LogP contribution is 2.21. The number of aromatic nitrogens is 2. The van der Waals surface area contributed by atoms with Crippen molar-refractivity contribution in [1.82, 2.24) is 9.78 Å². The van der Waals surface area contributed by atoms with Crippen molar-refractivity contribution < 1.29 is 13.2 Å². The van der Waals surface area contributed by atoms with Crippen LogP contribution in [0.4, 0.5) is 5.82 Å². The van der Waals surface area contributed by atoms with Gasteiger partial charge in [-0.25, -0.2) is 8.42 Å². The molecule has 2 aromatic rings. The summed E-state index contributed by atoms with van der Waals surface area (Å²) in [5.41, 5.74) is 0.0836. The largest absolute Gasteiger partial charge is 0.305 e. The van der Waals surface area contributed by atoms with E-state index in [1.807, 2.05) is 0 Å². The molecule has 0 aliphatic heterocycles. The standard InChI is InChI=1S/C12H12ClN3O3S/c1-16-6-5-11(15-16)14-12(17)9-7-8(20(2,18)19)3-4-10(9)13/h3-7H,1-2H3,(H,14,15,17). The molecule has 0 fully saturated rings. The fraction of sp³-hybridized carbons (Fsp3) is 0.167. The Labute approximate surface area is 121 Å². The van der Waals surface area contributed by atoms with E-state index in [0.29, 0.717) is 5.82 Å². The predicted molar refractivity (Wildman–Crippen MR) is 75.7 cm³/mol. The third kappa shape index (κ3) is 3.17. The zero-order valence-corrected chi connectivity index (χ0v) is 12.4. The SMILES string of the molecule is Cn1ccc(NC(=O)c2cc(S(C)(=O)=O)ccc2Cl)n1. The number of benzene rings is 1. The van der Waals surface area contributed by atoms with Gasteiger partial charge in [0, 0.05) is 25.6 Å². The molecule has 1 aromatic heterocycles. The Morgan fingerprint density at radius 1 is 1.35 bits per heavy atom. The van der Waals surface area contributed by atoms with Crippen LogP contribution in [0.1, 0.15) is 10.4 Å². The summed E-state index contributed by atoms with van der Waals surface area (Å²) >= 11 is 5.93. The normalized spacial score (nSPS) is 11.3. The van der Waals surface area contributed by atoms with E-state index in [4.69, 9.17) is 11.6 Å². The summed E-state index contributed by atoms with van der Waals surface area (Å²) in [5.74, 6) is -0.155. The number of nitrogens with zero attached hydrogens (tertiary/aromatic N) is 2. The highest BCUT2D eigenvalue weighted by Gasteiger charge is 2.16. The lowest BCUT2D eigenvalue weighted by Crippen LogP contribution is -2.14. The Hall–Kier alpha value is -1.86. The van der Waals surface area contributed by atoms with Crippen LogP contribution in [0.25, 0.3) is 0 Å². The van der Waals surface area contributed by atoms with Gasteiger partial charge < -0.3 is 5.32 Å². The van der Waals surface area contributed by atoms with Crippen LogP contribution in [0.15, 0.2) is 35.4 Å². The Kier molecular flexibility index (Phi) is 3.82. The fourth-order valence-corrected chi connectivity index (χ4v) is 2.42. The molecule has 0 aliphatic rings. The van der Waals surface area contributed by atoms with Crippen molar-refractivity contribution in [3.63, 3.8) is 0 Å². The summed E-state index contributed by atoms with van der Waals surface area (Å²) in [4.78, 5) is 12.1. The molecule has 6 nitrogen and oxygen atoms in total. The molecule has 8 heteroatoms. The smallest absolute Gasteiger partial charge is 0.258 e. The molecule has 1 amide bonds. The molecule has 0 unspecified atom stereocenters. The Bertz CT molecular complexity index is 768. The first kappa shape index (κ1) is 14.5. The Morgan fingerprint density at radius 3 is 2.60 bits per heavy atom. The number of anilines is 1. The van der Waals surface area contributed by atoms with Crippen molar-refractivity contribution in [1.29, 1.82) is 0 Å².